The Morgan fingerprint density at radius 2 is 1.58 bits per heavy atom. The molecule has 0 unspecified atom stereocenters. The Morgan fingerprint density at radius 1 is 0.970 bits per heavy atom. The van der Waals surface area contributed by atoms with Gasteiger partial charge in [-0.25, -0.2) is 8.78 Å². The Hall–Kier alpha value is -2.31. The van der Waals surface area contributed by atoms with Gasteiger partial charge >= 0.3 is 0 Å². The normalized spacial score (nSPS) is 26.0. The van der Waals surface area contributed by atoms with E-state index in [4.69, 9.17) is 0 Å². The molecule has 2 aromatic rings. The Kier molecular flexibility index (Phi) is 5.78. The number of aliphatic hydroxyl groups is 1. The molecule has 2 atom stereocenters. The zero-order chi connectivity index (χ0) is 23.1. The summed E-state index contributed by atoms with van der Waals surface area (Å²) >= 11 is 0. The van der Waals surface area contributed by atoms with Crippen molar-refractivity contribution in [3.05, 3.63) is 71.8 Å². The lowest BCUT2D eigenvalue weighted by Crippen LogP contribution is -2.65. The number of nitrogens with zero attached hydrogens (tertiary/aromatic N) is 2. The van der Waals surface area contributed by atoms with Crippen molar-refractivity contribution in [1.82, 2.24) is 9.80 Å². The number of hydrogen-bond acceptors (Lipinski definition) is 3. The Balaban J connectivity index is 1.25. The van der Waals surface area contributed by atoms with Gasteiger partial charge in [0.25, 0.3) is 5.91 Å². The summed E-state index contributed by atoms with van der Waals surface area (Å²) in [7, 11) is 0. The molecule has 6 heteroatoms. The van der Waals surface area contributed by atoms with Gasteiger partial charge in [0.1, 0.15) is 0 Å². The van der Waals surface area contributed by atoms with Gasteiger partial charge in [0.15, 0.2) is 5.60 Å². The number of likely N-dealkylation sites (tertiary alicyclic amines) is 2. The van der Waals surface area contributed by atoms with Crippen LogP contribution in [0.25, 0.3) is 0 Å². The summed E-state index contributed by atoms with van der Waals surface area (Å²) in [5.74, 6) is -4.00. The van der Waals surface area contributed by atoms with Crippen molar-refractivity contribution in [2.75, 3.05) is 26.2 Å². The standard InChI is InChI=1S/C27H32F2N2O2/c28-26(29)12-11-23(17-26)27(33,22-9-5-2-6-10-22)24(32)31-19-25(20-31)13-15-30(16-14-25)18-21-7-3-1-4-8-21/h1-10,23,33H,11-20H2/t23-,27+/m1/s1. The summed E-state index contributed by atoms with van der Waals surface area (Å²) in [4.78, 5) is 17.8. The second-order valence-electron chi connectivity index (χ2n) is 10.4. The van der Waals surface area contributed by atoms with E-state index in [2.05, 4.69) is 29.2 Å². The highest BCUT2D eigenvalue weighted by atomic mass is 19.3. The van der Waals surface area contributed by atoms with Crippen LogP contribution in [-0.2, 0) is 16.9 Å². The van der Waals surface area contributed by atoms with E-state index >= 15 is 0 Å². The fraction of sp³-hybridized carbons (Fsp3) is 0.519. The molecule has 4 nitrogen and oxygen atoms in total. The topological polar surface area (TPSA) is 43.8 Å². The summed E-state index contributed by atoms with van der Waals surface area (Å²) < 4.78 is 28.1. The first-order valence-electron chi connectivity index (χ1n) is 12.0. The molecule has 1 spiro atoms. The van der Waals surface area contributed by atoms with Crippen molar-refractivity contribution < 1.29 is 18.7 Å². The molecule has 2 aromatic carbocycles. The molecule has 3 fully saturated rings. The van der Waals surface area contributed by atoms with Crippen molar-refractivity contribution in [2.24, 2.45) is 11.3 Å². The minimum Gasteiger partial charge on any atom is -0.375 e. The zero-order valence-corrected chi connectivity index (χ0v) is 18.9. The largest absolute Gasteiger partial charge is 0.375 e. The van der Waals surface area contributed by atoms with Crippen LogP contribution in [0.1, 0.15) is 43.2 Å². The number of rotatable bonds is 5. The molecule has 1 N–H and O–H groups in total. The molecule has 1 amide bonds. The SMILES string of the molecule is O=C(N1CC2(CCN(Cc3ccccc3)CC2)C1)[C@](O)(c1ccccc1)[C@@H]1CCC(F)(F)C1. The van der Waals surface area contributed by atoms with Gasteiger partial charge in [-0.3, -0.25) is 9.69 Å². The molecule has 0 aromatic heterocycles. The van der Waals surface area contributed by atoms with Crippen LogP contribution in [0.5, 0.6) is 0 Å². The highest BCUT2D eigenvalue weighted by molar-refractivity contribution is 5.87. The van der Waals surface area contributed by atoms with Gasteiger partial charge in [0.05, 0.1) is 0 Å². The van der Waals surface area contributed by atoms with Gasteiger partial charge in [-0.2, -0.15) is 0 Å². The summed E-state index contributed by atoms with van der Waals surface area (Å²) in [6, 6.07) is 19.1. The molecule has 33 heavy (non-hydrogen) atoms. The smallest absolute Gasteiger partial charge is 0.259 e. The average molecular weight is 455 g/mol. The quantitative estimate of drug-likeness (QED) is 0.727. The van der Waals surface area contributed by atoms with Gasteiger partial charge in [-0.1, -0.05) is 60.7 Å². The van der Waals surface area contributed by atoms with Crippen molar-refractivity contribution in [2.45, 2.75) is 50.2 Å². The summed E-state index contributed by atoms with van der Waals surface area (Å²) in [5, 5.41) is 11.7. The molecule has 0 radical (unpaired) electrons. The molecule has 176 valence electrons. The van der Waals surface area contributed by atoms with Gasteiger partial charge in [0, 0.05) is 43.8 Å². The lowest BCUT2D eigenvalue weighted by atomic mass is 9.70. The number of benzene rings is 2. The average Bonchev–Trinajstić information content (AvgIpc) is 3.18. The van der Waals surface area contributed by atoms with Gasteiger partial charge in [-0.15, -0.1) is 0 Å². The second kappa shape index (κ2) is 8.48. The molecule has 2 aliphatic heterocycles. The van der Waals surface area contributed by atoms with E-state index in [9.17, 15) is 18.7 Å². The van der Waals surface area contributed by atoms with Gasteiger partial charge in [-0.05, 0) is 43.5 Å². The van der Waals surface area contributed by atoms with E-state index in [-0.39, 0.29) is 18.3 Å². The predicted octanol–water partition coefficient (Wildman–Crippen LogP) is 4.43. The number of carbonyl (C=O) groups is 1. The first kappa shape index (κ1) is 22.5. The van der Waals surface area contributed by atoms with E-state index in [1.165, 1.54) is 5.56 Å². The van der Waals surface area contributed by atoms with Crippen LogP contribution < -0.4 is 0 Å². The number of amides is 1. The monoisotopic (exact) mass is 454 g/mol. The predicted molar refractivity (Wildman–Crippen MR) is 123 cm³/mol. The van der Waals surface area contributed by atoms with E-state index in [1.807, 2.05) is 6.07 Å². The van der Waals surface area contributed by atoms with E-state index in [0.717, 1.165) is 32.5 Å². The number of hydrogen-bond donors (Lipinski definition) is 1. The summed E-state index contributed by atoms with van der Waals surface area (Å²) in [5.41, 5.74) is -0.0758. The number of carbonyl (C=O) groups excluding carboxylic acids is 1. The van der Waals surface area contributed by atoms with Crippen molar-refractivity contribution in [1.29, 1.82) is 0 Å². The zero-order valence-electron chi connectivity index (χ0n) is 18.9. The second-order valence-corrected chi connectivity index (χ2v) is 10.4. The third-order valence-electron chi connectivity index (χ3n) is 8.04. The summed E-state index contributed by atoms with van der Waals surface area (Å²) in [6.45, 7) is 4.10. The number of alkyl halides is 2. The van der Waals surface area contributed by atoms with Crippen LogP contribution in [-0.4, -0.2) is 52.9 Å². The van der Waals surface area contributed by atoms with Crippen LogP contribution in [0.15, 0.2) is 60.7 Å². The van der Waals surface area contributed by atoms with Crippen LogP contribution in [0.3, 0.4) is 0 Å². The number of halogens is 2. The molecular weight excluding hydrogens is 422 g/mol. The van der Waals surface area contributed by atoms with Gasteiger partial charge < -0.3 is 10.0 Å². The Morgan fingerprint density at radius 3 is 2.15 bits per heavy atom. The fourth-order valence-corrected chi connectivity index (χ4v) is 6.02. The van der Waals surface area contributed by atoms with E-state index < -0.39 is 29.8 Å². The molecular formula is C27H32F2N2O2. The van der Waals surface area contributed by atoms with Gasteiger partial charge in [0.2, 0.25) is 5.92 Å². The lowest BCUT2D eigenvalue weighted by Gasteiger charge is -2.55. The molecule has 2 saturated heterocycles. The maximum absolute atomic E-state index is 14.0. The van der Waals surface area contributed by atoms with Crippen LogP contribution in [0, 0.1) is 11.3 Å². The third kappa shape index (κ3) is 4.31. The van der Waals surface area contributed by atoms with Crippen LogP contribution in [0.2, 0.25) is 0 Å². The van der Waals surface area contributed by atoms with E-state index in [1.54, 1.807) is 35.2 Å². The lowest BCUT2D eigenvalue weighted by molar-refractivity contribution is -0.175. The maximum Gasteiger partial charge on any atom is 0.259 e. The van der Waals surface area contributed by atoms with Crippen LogP contribution in [0.4, 0.5) is 8.78 Å². The molecule has 1 saturated carbocycles. The maximum atomic E-state index is 14.0. The molecule has 2 heterocycles. The Bertz CT molecular complexity index is 968. The number of piperidine rings is 1. The first-order chi connectivity index (χ1) is 15.8. The minimum absolute atomic E-state index is 0.0834. The molecule has 3 aliphatic rings. The van der Waals surface area contributed by atoms with E-state index in [0.29, 0.717) is 18.7 Å². The van der Waals surface area contributed by atoms with Crippen LogP contribution >= 0.6 is 0 Å². The molecule has 0 bridgehead atoms. The fourth-order valence-electron chi connectivity index (χ4n) is 6.02. The molecule has 5 rings (SSSR count). The minimum atomic E-state index is -2.82. The highest BCUT2D eigenvalue weighted by Crippen LogP contribution is 2.50. The third-order valence-corrected chi connectivity index (χ3v) is 8.04. The van der Waals surface area contributed by atoms with Crippen molar-refractivity contribution >= 4 is 5.91 Å². The summed E-state index contributed by atoms with van der Waals surface area (Å²) in [6.07, 6.45) is 1.44. The Labute approximate surface area is 194 Å². The first-order valence-corrected chi connectivity index (χ1v) is 12.0. The van der Waals surface area contributed by atoms with Crippen molar-refractivity contribution in [3.8, 4) is 0 Å². The van der Waals surface area contributed by atoms with Crippen molar-refractivity contribution in [3.63, 3.8) is 0 Å². The molecule has 1 aliphatic carbocycles. The highest BCUT2D eigenvalue weighted by Gasteiger charge is 2.57.